The molecule has 9 heteroatoms. The molecule has 0 bridgehead atoms. The number of amides is 2. The van der Waals surface area contributed by atoms with Crippen LogP contribution in [-0.4, -0.2) is 52.1 Å². The van der Waals surface area contributed by atoms with E-state index in [4.69, 9.17) is 10.5 Å². The van der Waals surface area contributed by atoms with E-state index in [9.17, 15) is 9.59 Å². The Labute approximate surface area is 127 Å². The summed E-state index contributed by atoms with van der Waals surface area (Å²) in [6, 6.07) is 0. The fourth-order valence-electron chi connectivity index (χ4n) is 1.53. The van der Waals surface area contributed by atoms with Gasteiger partial charge < -0.3 is 20.4 Å². The van der Waals surface area contributed by atoms with Crippen LogP contribution in [0.2, 0.25) is 0 Å². The van der Waals surface area contributed by atoms with Crippen molar-refractivity contribution < 1.29 is 14.3 Å². The van der Waals surface area contributed by atoms with Crippen LogP contribution in [0.5, 0.6) is 0 Å². The van der Waals surface area contributed by atoms with Crippen LogP contribution in [0.15, 0.2) is 5.16 Å². The van der Waals surface area contributed by atoms with Crippen molar-refractivity contribution in [3.63, 3.8) is 0 Å². The van der Waals surface area contributed by atoms with Crippen molar-refractivity contribution in [2.24, 2.45) is 12.8 Å². The summed E-state index contributed by atoms with van der Waals surface area (Å²) in [6.07, 6.45) is 0.664. The predicted molar refractivity (Wildman–Crippen MR) is 78.7 cm³/mol. The molecule has 2 amide bonds. The molecule has 1 aromatic rings. The van der Waals surface area contributed by atoms with Crippen LogP contribution >= 0.6 is 11.8 Å². The molecule has 0 radical (unpaired) electrons. The van der Waals surface area contributed by atoms with Gasteiger partial charge in [-0.05, 0) is 6.92 Å². The zero-order chi connectivity index (χ0) is 15.8. The molecule has 1 rings (SSSR count). The SMILES string of the molecule is COCCNC(=O)[C@@H](C)Sc1nnc(CCC(N)=O)n1C. The lowest BCUT2D eigenvalue weighted by Gasteiger charge is -2.11. The maximum atomic E-state index is 11.8. The van der Waals surface area contributed by atoms with E-state index < -0.39 is 0 Å². The molecule has 0 aliphatic heterocycles. The van der Waals surface area contributed by atoms with Crippen LogP contribution in [-0.2, 0) is 27.8 Å². The summed E-state index contributed by atoms with van der Waals surface area (Å²) in [4.78, 5) is 22.6. The molecule has 0 unspecified atom stereocenters. The van der Waals surface area contributed by atoms with Gasteiger partial charge in [-0.25, -0.2) is 0 Å². The summed E-state index contributed by atoms with van der Waals surface area (Å²) in [7, 11) is 3.38. The Balaban J connectivity index is 2.54. The number of hydrogen-bond acceptors (Lipinski definition) is 6. The van der Waals surface area contributed by atoms with Gasteiger partial charge in [0.1, 0.15) is 5.82 Å². The molecule has 1 aromatic heterocycles. The first-order chi connectivity index (χ1) is 9.95. The molecule has 8 nitrogen and oxygen atoms in total. The van der Waals surface area contributed by atoms with Gasteiger partial charge in [-0.3, -0.25) is 9.59 Å². The third-order valence-corrected chi connectivity index (χ3v) is 3.91. The first-order valence-electron chi connectivity index (χ1n) is 6.55. The van der Waals surface area contributed by atoms with Crippen LogP contribution in [0.1, 0.15) is 19.2 Å². The second-order valence-electron chi connectivity index (χ2n) is 4.47. The quantitative estimate of drug-likeness (QED) is 0.468. The second-order valence-corrected chi connectivity index (χ2v) is 5.78. The highest BCUT2D eigenvalue weighted by molar-refractivity contribution is 8.00. The third kappa shape index (κ3) is 5.72. The van der Waals surface area contributed by atoms with E-state index >= 15 is 0 Å². The third-order valence-electron chi connectivity index (χ3n) is 2.78. The fourth-order valence-corrected chi connectivity index (χ4v) is 2.39. The topological polar surface area (TPSA) is 112 Å². The number of nitrogens with two attached hydrogens (primary N) is 1. The van der Waals surface area contributed by atoms with E-state index in [1.165, 1.54) is 11.8 Å². The summed E-state index contributed by atoms with van der Waals surface area (Å²) in [6.45, 7) is 2.75. The number of thioether (sulfide) groups is 1. The number of rotatable bonds is 9. The fraction of sp³-hybridized carbons (Fsp3) is 0.667. The Morgan fingerprint density at radius 3 is 2.81 bits per heavy atom. The van der Waals surface area contributed by atoms with Crippen molar-refractivity contribution in [1.82, 2.24) is 20.1 Å². The second kappa shape index (κ2) is 8.63. The molecule has 1 heterocycles. The molecule has 0 fully saturated rings. The summed E-state index contributed by atoms with van der Waals surface area (Å²) < 4.78 is 6.64. The molecule has 21 heavy (non-hydrogen) atoms. The number of carbonyl (C=O) groups excluding carboxylic acids is 2. The monoisotopic (exact) mass is 315 g/mol. The number of aromatic nitrogens is 3. The highest BCUT2D eigenvalue weighted by Gasteiger charge is 2.18. The van der Waals surface area contributed by atoms with Gasteiger partial charge in [0.05, 0.1) is 11.9 Å². The molecule has 118 valence electrons. The summed E-state index contributed by atoms with van der Waals surface area (Å²) >= 11 is 1.31. The average Bonchev–Trinajstić information content (AvgIpc) is 2.77. The lowest BCUT2D eigenvalue weighted by Crippen LogP contribution is -2.33. The molecule has 0 aliphatic rings. The van der Waals surface area contributed by atoms with Crippen molar-refractivity contribution in [3.8, 4) is 0 Å². The maximum absolute atomic E-state index is 11.8. The molecule has 3 N–H and O–H groups in total. The Morgan fingerprint density at radius 1 is 1.48 bits per heavy atom. The predicted octanol–water partition coefficient (Wildman–Crippen LogP) is -0.524. The van der Waals surface area contributed by atoms with Gasteiger partial charge in [0.2, 0.25) is 11.8 Å². The normalized spacial score (nSPS) is 12.1. The van der Waals surface area contributed by atoms with Crippen LogP contribution < -0.4 is 11.1 Å². The zero-order valence-corrected chi connectivity index (χ0v) is 13.3. The van der Waals surface area contributed by atoms with E-state index in [2.05, 4.69) is 15.5 Å². The number of primary amides is 1. The summed E-state index contributed by atoms with van der Waals surface area (Å²) in [5.41, 5.74) is 5.11. The smallest absolute Gasteiger partial charge is 0.233 e. The van der Waals surface area contributed by atoms with E-state index in [-0.39, 0.29) is 23.5 Å². The Kier molecular flexibility index (Phi) is 7.17. The largest absolute Gasteiger partial charge is 0.383 e. The van der Waals surface area contributed by atoms with Crippen LogP contribution in [0.3, 0.4) is 0 Å². The highest BCUT2D eigenvalue weighted by Crippen LogP contribution is 2.21. The number of methoxy groups -OCH3 is 1. The van der Waals surface area contributed by atoms with Gasteiger partial charge in [-0.2, -0.15) is 0 Å². The molecule has 1 atom stereocenters. The summed E-state index contributed by atoms with van der Waals surface area (Å²) in [5, 5.41) is 11.1. The Hall–Kier alpha value is -1.61. The molecule has 0 saturated heterocycles. The maximum Gasteiger partial charge on any atom is 0.233 e. The van der Waals surface area contributed by atoms with Crippen molar-refractivity contribution in [1.29, 1.82) is 0 Å². The molecular weight excluding hydrogens is 294 g/mol. The van der Waals surface area contributed by atoms with Gasteiger partial charge >= 0.3 is 0 Å². The minimum atomic E-state index is -0.377. The van der Waals surface area contributed by atoms with Crippen molar-refractivity contribution in [2.45, 2.75) is 30.2 Å². The molecular formula is C12H21N5O3S. The number of ether oxygens (including phenoxy) is 1. The van der Waals surface area contributed by atoms with Gasteiger partial charge in [-0.15, -0.1) is 10.2 Å². The Morgan fingerprint density at radius 2 is 2.19 bits per heavy atom. The first kappa shape index (κ1) is 17.4. The zero-order valence-electron chi connectivity index (χ0n) is 12.5. The van der Waals surface area contributed by atoms with Gasteiger partial charge in [-0.1, -0.05) is 11.8 Å². The number of nitrogens with one attached hydrogen (secondary N) is 1. The number of nitrogens with zero attached hydrogens (tertiary/aromatic N) is 3. The van der Waals surface area contributed by atoms with Gasteiger partial charge in [0.25, 0.3) is 0 Å². The minimum Gasteiger partial charge on any atom is -0.383 e. The van der Waals surface area contributed by atoms with E-state index in [0.717, 1.165) is 0 Å². The number of hydrogen-bond donors (Lipinski definition) is 2. The molecule has 0 saturated carbocycles. The van der Waals surface area contributed by atoms with E-state index in [1.54, 1.807) is 25.6 Å². The number of aryl methyl sites for hydroxylation is 1. The van der Waals surface area contributed by atoms with Crippen LogP contribution in [0.4, 0.5) is 0 Å². The van der Waals surface area contributed by atoms with E-state index in [0.29, 0.717) is 30.6 Å². The Bertz CT molecular complexity index is 491. The standard InChI is InChI=1S/C12H21N5O3S/c1-8(11(19)14-6-7-20-3)21-12-16-15-10(17(12)2)5-4-9(13)18/h8H,4-7H2,1-3H3,(H2,13,18)(H,14,19)/t8-/m1/s1. The van der Waals surface area contributed by atoms with E-state index in [1.807, 2.05) is 0 Å². The lowest BCUT2D eigenvalue weighted by molar-refractivity contribution is -0.120. The van der Waals surface area contributed by atoms with Crippen LogP contribution in [0, 0.1) is 0 Å². The first-order valence-corrected chi connectivity index (χ1v) is 7.43. The molecule has 0 aromatic carbocycles. The van der Waals surface area contributed by atoms with Crippen molar-refractivity contribution in [3.05, 3.63) is 5.82 Å². The lowest BCUT2D eigenvalue weighted by atomic mass is 10.3. The number of carbonyl (C=O) groups is 2. The van der Waals surface area contributed by atoms with Gasteiger partial charge in [0, 0.05) is 33.5 Å². The highest BCUT2D eigenvalue weighted by atomic mass is 32.2. The molecule has 0 spiro atoms. The van der Waals surface area contributed by atoms with Gasteiger partial charge in [0.15, 0.2) is 5.16 Å². The average molecular weight is 315 g/mol. The van der Waals surface area contributed by atoms with Crippen molar-refractivity contribution in [2.75, 3.05) is 20.3 Å². The van der Waals surface area contributed by atoms with Crippen molar-refractivity contribution >= 4 is 23.6 Å². The molecule has 0 aliphatic carbocycles. The van der Waals surface area contributed by atoms with Crippen LogP contribution in [0.25, 0.3) is 0 Å². The minimum absolute atomic E-state index is 0.0845. The summed E-state index contributed by atoms with van der Waals surface area (Å²) in [5.74, 6) is 0.208.